The highest BCUT2D eigenvalue weighted by Gasteiger charge is 2.23. The van der Waals surface area contributed by atoms with Crippen LogP contribution in [0, 0.1) is 6.92 Å². The maximum Gasteiger partial charge on any atom is 0.341 e. The molecule has 156 valence electrons. The van der Waals surface area contributed by atoms with Crippen molar-refractivity contribution in [3.05, 3.63) is 52.0 Å². The molecule has 0 aliphatic carbocycles. The number of nitrogen functional groups attached to an aromatic ring is 1. The number of rotatable bonds is 6. The third-order valence-corrected chi connectivity index (χ3v) is 6.44. The first-order valence-electron chi connectivity index (χ1n) is 8.53. The molecular weight excluding hydrogens is 462 g/mol. The van der Waals surface area contributed by atoms with Gasteiger partial charge in [-0.3, -0.25) is 4.79 Å². The van der Waals surface area contributed by atoms with E-state index in [1.165, 1.54) is 39.2 Å². The number of nitrogens with zero attached hydrogens (tertiary/aromatic N) is 1. The van der Waals surface area contributed by atoms with Crippen molar-refractivity contribution in [1.29, 1.82) is 0 Å². The summed E-state index contributed by atoms with van der Waals surface area (Å²) < 4.78 is 31.5. The van der Waals surface area contributed by atoms with E-state index in [9.17, 15) is 18.0 Å². The maximum atomic E-state index is 12.5. The molecule has 0 bridgehead atoms. The summed E-state index contributed by atoms with van der Waals surface area (Å²) in [5.74, 6) is -1.35. The van der Waals surface area contributed by atoms with Gasteiger partial charge < -0.3 is 15.8 Å². The number of nitrogens with two attached hydrogens (primary N) is 1. The Morgan fingerprint density at radius 2 is 1.83 bits per heavy atom. The highest BCUT2D eigenvalue weighted by atomic mass is 79.9. The van der Waals surface area contributed by atoms with Gasteiger partial charge in [0.2, 0.25) is 10.0 Å². The van der Waals surface area contributed by atoms with E-state index in [0.717, 1.165) is 4.31 Å². The number of nitrogens with one attached hydrogen (secondary N) is 1. The van der Waals surface area contributed by atoms with Crippen LogP contribution in [0.5, 0.6) is 0 Å². The van der Waals surface area contributed by atoms with Gasteiger partial charge >= 0.3 is 5.97 Å². The van der Waals surface area contributed by atoms with Crippen LogP contribution in [-0.4, -0.2) is 44.8 Å². The Morgan fingerprint density at radius 1 is 1.17 bits per heavy atom. The van der Waals surface area contributed by atoms with Crippen LogP contribution in [0.2, 0.25) is 0 Å². The molecule has 0 heterocycles. The first-order chi connectivity index (χ1) is 13.4. The minimum atomic E-state index is -3.66. The smallest absolute Gasteiger partial charge is 0.341 e. The Morgan fingerprint density at radius 3 is 2.45 bits per heavy atom. The van der Waals surface area contributed by atoms with Gasteiger partial charge in [-0.15, -0.1) is 0 Å². The molecule has 0 saturated carbocycles. The van der Waals surface area contributed by atoms with Gasteiger partial charge in [-0.2, -0.15) is 0 Å². The molecule has 1 atom stereocenters. The van der Waals surface area contributed by atoms with E-state index in [4.69, 9.17) is 10.5 Å². The highest BCUT2D eigenvalue weighted by Crippen LogP contribution is 2.23. The zero-order chi connectivity index (χ0) is 21.9. The van der Waals surface area contributed by atoms with Crippen molar-refractivity contribution >= 4 is 49.2 Å². The molecule has 0 fully saturated rings. The number of carbonyl (C=O) groups excluding carboxylic acids is 2. The molecule has 0 aliphatic rings. The number of hydrogen-bond acceptors (Lipinski definition) is 6. The van der Waals surface area contributed by atoms with Crippen molar-refractivity contribution in [2.24, 2.45) is 0 Å². The first-order valence-corrected chi connectivity index (χ1v) is 10.8. The van der Waals surface area contributed by atoms with Gasteiger partial charge in [0.05, 0.1) is 10.5 Å². The van der Waals surface area contributed by atoms with Crippen LogP contribution in [0.25, 0.3) is 0 Å². The molecule has 2 rings (SSSR count). The SMILES string of the molecule is Cc1ccc(S(=O)(=O)N(C)C)cc1NC(=O)C(C)OC(=O)c1cc(Br)ccc1N. The third-order valence-electron chi connectivity index (χ3n) is 4.13. The zero-order valence-electron chi connectivity index (χ0n) is 16.4. The van der Waals surface area contributed by atoms with Crippen LogP contribution < -0.4 is 11.1 Å². The second kappa shape index (κ2) is 8.93. The Hall–Kier alpha value is -2.43. The van der Waals surface area contributed by atoms with Gasteiger partial charge in [-0.05, 0) is 49.7 Å². The number of hydrogen-bond donors (Lipinski definition) is 2. The number of carbonyl (C=O) groups is 2. The monoisotopic (exact) mass is 483 g/mol. The van der Waals surface area contributed by atoms with Crippen molar-refractivity contribution < 1.29 is 22.7 Å². The Bertz CT molecular complexity index is 1050. The quantitative estimate of drug-likeness (QED) is 0.481. The standard InChI is InChI=1S/C19H22BrN3O5S/c1-11-5-7-14(29(26,27)23(3)4)10-17(11)22-18(24)12(2)28-19(25)15-9-13(20)6-8-16(15)21/h5-10,12H,21H2,1-4H3,(H,22,24). The fraction of sp³-hybridized carbons (Fsp3) is 0.263. The Kier molecular flexibility index (Phi) is 7.04. The van der Waals surface area contributed by atoms with Gasteiger partial charge in [-0.25, -0.2) is 17.5 Å². The van der Waals surface area contributed by atoms with E-state index in [0.29, 0.717) is 15.7 Å². The van der Waals surface area contributed by atoms with E-state index in [1.807, 2.05) is 0 Å². The van der Waals surface area contributed by atoms with Crippen molar-refractivity contribution in [2.45, 2.75) is 24.8 Å². The number of benzene rings is 2. The summed E-state index contributed by atoms with van der Waals surface area (Å²) in [6.07, 6.45) is -1.13. The number of ether oxygens (including phenoxy) is 1. The van der Waals surface area contributed by atoms with Gasteiger partial charge in [0.1, 0.15) is 0 Å². The molecule has 8 nitrogen and oxygen atoms in total. The zero-order valence-corrected chi connectivity index (χ0v) is 18.8. The van der Waals surface area contributed by atoms with Gasteiger partial charge in [0.15, 0.2) is 6.10 Å². The van der Waals surface area contributed by atoms with Crippen LogP contribution in [0.1, 0.15) is 22.8 Å². The van der Waals surface area contributed by atoms with Crippen molar-refractivity contribution in [3.8, 4) is 0 Å². The van der Waals surface area contributed by atoms with E-state index < -0.39 is 28.0 Å². The second-order valence-corrected chi connectivity index (χ2v) is 9.60. The van der Waals surface area contributed by atoms with E-state index >= 15 is 0 Å². The van der Waals surface area contributed by atoms with E-state index in [-0.39, 0.29) is 16.1 Å². The molecule has 3 N–H and O–H groups in total. The van der Waals surface area contributed by atoms with Crippen LogP contribution in [0.4, 0.5) is 11.4 Å². The number of esters is 1. The van der Waals surface area contributed by atoms with Crippen LogP contribution >= 0.6 is 15.9 Å². The predicted octanol–water partition coefficient (Wildman–Crippen LogP) is 2.77. The molecule has 0 radical (unpaired) electrons. The topological polar surface area (TPSA) is 119 Å². The lowest BCUT2D eigenvalue weighted by Gasteiger charge is -2.17. The summed E-state index contributed by atoms with van der Waals surface area (Å²) in [5, 5.41) is 2.60. The molecule has 10 heteroatoms. The molecule has 0 saturated heterocycles. The molecule has 1 amide bonds. The average Bonchev–Trinajstić information content (AvgIpc) is 2.64. The lowest BCUT2D eigenvalue weighted by molar-refractivity contribution is -0.123. The summed E-state index contributed by atoms with van der Waals surface area (Å²) in [4.78, 5) is 24.9. The molecule has 0 spiro atoms. The normalized spacial score (nSPS) is 12.5. The van der Waals surface area contributed by atoms with E-state index in [2.05, 4.69) is 21.2 Å². The lowest BCUT2D eigenvalue weighted by Crippen LogP contribution is -2.30. The first kappa shape index (κ1) is 22.9. The molecule has 0 aromatic heterocycles. The molecule has 29 heavy (non-hydrogen) atoms. The maximum absolute atomic E-state index is 12.5. The fourth-order valence-corrected chi connectivity index (χ4v) is 3.61. The van der Waals surface area contributed by atoms with Gasteiger partial charge in [0, 0.05) is 29.9 Å². The second-order valence-electron chi connectivity index (χ2n) is 6.53. The van der Waals surface area contributed by atoms with Crippen molar-refractivity contribution in [1.82, 2.24) is 4.31 Å². The lowest BCUT2D eigenvalue weighted by atomic mass is 10.2. The molecule has 2 aromatic carbocycles. The number of aryl methyl sites for hydroxylation is 1. The Balaban J connectivity index is 2.17. The molecule has 0 aliphatic heterocycles. The van der Waals surface area contributed by atoms with Gasteiger partial charge in [-0.1, -0.05) is 22.0 Å². The van der Waals surface area contributed by atoms with Crippen LogP contribution in [-0.2, 0) is 19.6 Å². The van der Waals surface area contributed by atoms with E-state index in [1.54, 1.807) is 25.1 Å². The summed E-state index contributed by atoms with van der Waals surface area (Å²) in [7, 11) is -0.819. The van der Waals surface area contributed by atoms with Crippen molar-refractivity contribution in [3.63, 3.8) is 0 Å². The van der Waals surface area contributed by atoms with Crippen molar-refractivity contribution in [2.75, 3.05) is 25.1 Å². The number of anilines is 2. The number of halogens is 1. The summed E-state index contributed by atoms with van der Waals surface area (Å²) in [5.41, 5.74) is 7.11. The summed E-state index contributed by atoms with van der Waals surface area (Å²) >= 11 is 3.25. The van der Waals surface area contributed by atoms with Crippen LogP contribution in [0.15, 0.2) is 45.8 Å². The molecule has 1 unspecified atom stereocenters. The molecule has 2 aromatic rings. The average molecular weight is 484 g/mol. The number of amides is 1. The Labute approximate surface area is 178 Å². The summed E-state index contributed by atoms with van der Waals surface area (Å²) in [6.45, 7) is 3.14. The molecular formula is C19H22BrN3O5S. The predicted molar refractivity (Wildman–Crippen MR) is 114 cm³/mol. The fourth-order valence-electron chi connectivity index (χ4n) is 2.32. The van der Waals surface area contributed by atoms with Crippen LogP contribution in [0.3, 0.4) is 0 Å². The van der Waals surface area contributed by atoms with Gasteiger partial charge in [0.25, 0.3) is 5.91 Å². The highest BCUT2D eigenvalue weighted by molar-refractivity contribution is 9.10. The number of sulfonamides is 1. The minimum Gasteiger partial charge on any atom is -0.449 e. The summed E-state index contributed by atoms with van der Waals surface area (Å²) in [6, 6.07) is 9.14. The third kappa shape index (κ3) is 5.34. The largest absolute Gasteiger partial charge is 0.449 e. The minimum absolute atomic E-state index is 0.0370.